The lowest BCUT2D eigenvalue weighted by Gasteiger charge is -2.29. The number of carbonyl (C=O) groups excluding carboxylic acids is 1. The summed E-state index contributed by atoms with van der Waals surface area (Å²) in [5.41, 5.74) is 0. The van der Waals surface area contributed by atoms with Crippen LogP contribution in [0.15, 0.2) is 10.7 Å². The number of nitro groups is 1. The third-order valence-electron chi connectivity index (χ3n) is 3.52. The largest absolute Gasteiger partial charge is 0.404 e. The Bertz CT molecular complexity index is 525. The number of piperidine rings is 1. The van der Waals surface area contributed by atoms with Gasteiger partial charge in [-0.3, -0.25) is 4.79 Å². The number of nitrogens with zero attached hydrogens (tertiary/aromatic N) is 4. The van der Waals surface area contributed by atoms with Crippen molar-refractivity contribution in [3.8, 4) is 0 Å². The Hall–Kier alpha value is -1.48. The van der Waals surface area contributed by atoms with Crippen LogP contribution in [-0.4, -0.2) is 51.7 Å². The zero-order valence-corrected chi connectivity index (χ0v) is 13.4. The van der Waals surface area contributed by atoms with E-state index in [0.717, 1.165) is 25.9 Å². The van der Waals surface area contributed by atoms with Gasteiger partial charge in [0, 0.05) is 12.5 Å². The average molecular weight is 360 g/mol. The lowest BCUT2D eigenvalue weighted by atomic mass is 10.1. The molecule has 2 rings (SSSR count). The van der Waals surface area contributed by atoms with Gasteiger partial charge in [0.2, 0.25) is 5.91 Å². The fourth-order valence-corrected chi connectivity index (χ4v) is 2.75. The molecule has 0 spiro atoms. The first kappa shape index (κ1) is 15.9. The van der Waals surface area contributed by atoms with E-state index in [-0.39, 0.29) is 24.2 Å². The Balaban J connectivity index is 1.78. The highest BCUT2D eigenvalue weighted by Crippen LogP contribution is 2.22. The van der Waals surface area contributed by atoms with Gasteiger partial charge in [0.15, 0.2) is 0 Å². The average Bonchev–Trinajstić information content (AvgIpc) is 2.81. The number of hydrogen-bond acceptors (Lipinski definition) is 5. The van der Waals surface area contributed by atoms with Crippen LogP contribution in [-0.2, 0) is 11.3 Å². The monoisotopic (exact) mass is 359 g/mol. The molecule has 1 saturated heterocycles. The van der Waals surface area contributed by atoms with Crippen molar-refractivity contribution < 1.29 is 9.72 Å². The molecule has 116 valence electrons. The summed E-state index contributed by atoms with van der Waals surface area (Å²) in [6.07, 6.45) is 3.70. The molecule has 8 nitrogen and oxygen atoms in total. The van der Waals surface area contributed by atoms with Crippen molar-refractivity contribution in [2.75, 3.05) is 20.1 Å². The van der Waals surface area contributed by atoms with Gasteiger partial charge in [-0.1, -0.05) is 0 Å². The normalized spacial score (nSPS) is 16.9. The summed E-state index contributed by atoms with van der Waals surface area (Å²) < 4.78 is 1.74. The van der Waals surface area contributed by atoms with Crippen molar-refractivity contribution >= 4 is 27.7 Å². The molecule has 1 amide bonds. The first-order valence-corrected chi connectivity index (χ1v) is 7.60. The number of nitrogens with one attached hydrogen (secondary N) is 1. The van der Waals surface area contributed by atoms with Crippen molar-refractivity contribution in [2.24, 2.45) is 0 Å². The maximum Gasteiger partial charge on any atom is 0.404 e. The maximum absolute atomic E-state index is 11.9. The van der Waals surface area contributed by atoms with Crippen molar-refractivity contribution in [2.45, 2.75) is 31.8 Å². The highest BCUT2D eigenvalue weighted by Gasteiger charge is 2.20. The first-order valence-electron chi connectivity index (χ1n) is 6.81. The molecule has 1 aromatic rings. The van der Waals surface area contributed by atoms with Gasteiger partial charge in [0.05, 0.1) is 17.8 Å². The molecule has 0 unspecified atom stereocenters. The van der Waals surface area contributed by atoms with E-state index in [1.165, 1.54) is 10.9 Å². The Morgan fingerprint density at radius 3 is 2.81 bits per heavy atom. The predicted molar refractivity (Wildman–Crippen MR) is 79.9 cm³/mol. The van der Waals surface area contributed by atoms with E-state index in [2.05, 4.69) is 38.3 Å². The topological polar surface area (TPSA) is 93.3 Å². The minimum absolute atomic E-state index is 0.0428. The standard InChI is InChI=1S/C12H18BrN5O3/c1-16-5-2-9(3-6-16)14-11(19)4-7-17-8-10(13)12(15-17)18(20)21/h8-9H,2-7H2,1H3,(H,14,19). The molecule has 1 aromatic heterocycles. The molecule has 0 saturated carbocycles. The third-order valence-corrected chi connectivity index (χ3v) is 4.08. The Morgan fingerprint density at radius 2 is 2.24 bits per heavy atom. The minimum atomic E-state index is -0.556. The van der Waals surface area contributed by atoms with E-state index < -0.39 is 4.92 Å². The van der Waals surface area contributed by atoms with Gasteiger partial charge in [0.25, 0.3) is 0 Å². The van der Waals surface area contributed by atoms with Crippen LogP contribution in [0.3, 0.4) is 0 Å². The van der Waals surface area contributed by atoms with Crippen LogP contribution in [0.25, 0.3) is 0 Å². The fraction of sp³-hybridized carbons (Fsp3) is 0.667. The van der Waals surface area contributed by atoms with E-state index in [1.807, 2.05) is 0 Å². The SMILES string of the molecule is CN1CCC(NC(=O)CCn2cc(Br)c([N+](=O)[O-])n2)CC1. The summed E-state index contributed by atoms with van der Waals surface area (Å²) in [6.45, 7) is 2.30. The molecule has 0 radical (unpaired) electrons. The second kappa shape index (κ2) is 6.99. The molecule has 1 aliphatic rings. The van der Waals surface area contributed by atoms with E-state index in [4.69, 9.17) is 0 Å². The number of likely N-dealkylation sites (tertiary alicyclic amines) is 1. The van der Waals surface area contributed by atoms with Crippen molar-refractivity contribution in [1.82, 2.24) is 20.0 Å². The van der Waals surface area contributed by atoms with Crippen LogP contribution in [0.4, 0.5) is 5.82 Å². The summed E-state index contributed by atoms with van der Waals surface area (Å²) >= 11 is 3.08. The van der Waals surface area contributed by atoms with Crippen LogP contribution in [0.1, 0.15) is 19.3 Å². The van der Waals surface area contributed by atoms with E-state index in [0.29, 0.717) is 11.0 Å². The van der Waals surface area contributed by atoms with E-state index in [9.17, 15) is 14.9 Å². The molecule has 0 bridgehead atoms. The van der Waals surface area contributed by atoms with E-state index >= 15 is 0 Å². The molecule has 1 aliphatic heterocycles. The minimum Gasteiger partial charge on any atom is -0.358 e. The van der Waals surface area contributed by atoms with Gasteiger partial charge >= 0.3 is 5.82 Å². The van der Waals surface area contributed by atoms with Gasteiger partial charge in [-0.25, -0.2) is 0 Å². The van der Waals surface area contributed by atoms with Crippen molar-refractivity contribution in [1.29, 1.82) is 0 Å². The van der Waals surface area contributed by atoms with Crippen LogP contribution >= 0.6 is 15.9 Å². The predicted octanol–water partition coefficient (Wildman–Crippen LogP) is 1.15. The molecule has 2 heterocycles. The lowest BCUT2D eigenvalue weighted by Crippen LogP contribution is -2.43. The first-order chi connectivity index (χ1) is 9.95. The van der Waals surface area contributed by atoms with Gasteiger partial charge in [-0.15, -0.1) is 0 Å². The number of aromatic nitrogens is 2. The molecule has 0 aliphatic carbocycles. The van der Waals surface area contributed by atoms with Crippen LogP contribution in [0.5, 0.6) is 0 Å². The zero-order valence-electron chi connectivity index (χ0n) is 11.8. The number of rotatable bonds is 5. The molecule has 0 atom stereocenters. The number of halogens is 1. The molecule has 9 heteroatoms. The molecular formula is C12H18BrN5O3. The van der Waals surface area contributed by atoms with Crippen LogP contribution in [0.2, 0.25) is 0 Å². The van der Waals surface area contributed by atoms with Crippen molar-refractivity contribution in [3.63, 3.8) is 0 Å². The molecular weight excluding hydrogens is 342 g/mol. The quantitative estimate of drug-likeness (QED) is 0.628. The summed E-state index contributed by atoms with van der Waals surface area (Å²) in [4.78, 5) is 24.2. The van der Waals surface area contributed by atoms with Crippen LogP contribution < -0.4 is 5.32 Å². The molecule has 21 heavy (non-hydrogen) atoms. The number of carbonyl (C=O) groups is 1. The highest BCUT2D eigenvalue weighted by molar-refractivity contribution is 9.10. The van der Waals surface area contributed by atoms with Gasteiger partial charge in [-0.2, -0.15) is 4.68 Å². The van der Waals surface area contributed by atoms with Crippen molar-refractivity contribution in [3.05, 3.63) is 20.8 Å². The van der Waals surface area contributed by atoms with Gasteiger partial charge < -0.3 is 20.3 Å². The Labute approximate surface area is 130 Å². The third kappa shape index (κ3) is 4.50. The second-order valence-corrected chi connectivity index (χ2v) is 6.07. The number of aryl methyl sites for hydroxylation is 1. The second-order valence-electron chi connectivity index (χ2n) is 5.22. The fourth-order valence-electron chi connectivity index (χ4n) is 2.29. The zero-order chi connectivity index (χ0) is 15.4. The van der Waals surface area contributed by atoms with Crippen LogP contribution in [0, 0.1) is 10.1 Å². The summed E-state index contributed by atoms with van der Waals surface area (Å²) in [7, 11) is 2.07. The van der Waals surface area contributed by atoms with Gasteiger partial charge in [-0.05, 0) is 53.8 Å². The van der Waals surface area contributed by atoms with E-state index in [1.54, 1.807) is 0 Å². The summed E-state index contributed by atoms with van der Waals surface area (Å²) in [5, 5.41) is 17.5. The number of hydrogen-bond donors (Lipinski definition) is 1. The molecule has 0 aromatic carbocycles. The Morgan fingerprint density at radius 1 is 1.57 bits per heavy atom. The Kier molecular flexibility index (Phi) is 5.29. The lowest BCUT2D eigenvalue weighted by molar-refractivity contribution is -0.390. The molecule has 1 fully saturated rings. The summed E-state index contributed by atoms with van der Waals surface area (Å²) in [6, 6.07) is 0.229. The number of amides is 1. The smallest absolute Gasteiger partial charge is 0.358 e. The molecule has 1 N–H and O–H groups in total. The summed E-state index contributed by atoms with van der Waals surface area (Å²) in [5.74, 6) is -0.274. The maximum atomic E-state index is 11.9. The van der Waals surface area contributed by atoms with Gasteiger partial charge in [0.1, 0.15) is 4.47 Å². The highest BCUT2D eigenvalue weighted by atomic mass is 79.9.